The van der Waals surface area contributed by atoms with Crippen LogP contribution in [0.1, 0.15) is 16.5 Å². The summed E-state index contributed by atoms with van der Waals surface area (Å²) in [4.78, 5) is 21.5. The van der Waals surface area contributed by atoms with E-state index < -0.39 is 5.97 Å². The van der Waals surface area contributed by atoms with Crippen molar-refractivity contribution in [2.24, 2.45) is 0 Å². The van der Waals surface area contributed by atoms with E-state index in [0.29, 0.717) is 17.4 Å². The summed E-state index contributed by atoms with van der Waals surface area (Å²) in [5, 5.41) is 8.33. The van der Waals surface area contributed by atoms with Crippen LogP contribution >= 0.6 is 0 Å². The highest BCUT2D eigenvalue weighted by atomic mass is 16.6. The third-order valence-electron chi connectivity index (χ3n) is 4.95. The van der Waals surface area contributed by atoms with E-state index in [1.54, 1.807) is 17.9 Å². The Balaban J connectivity index is 1.35. The summed E-state index contributed by atoms with van der Waals surface area (Å²) in [6.07, 6.45) is 0. The molecule has 0 bridgehead atoms. The Labute approximate surface area is 194 Å². The minimum absolute atomic E-state index is 0.0739. The van der Waals surface area contributed by atoms with Gasteiger partial charge in [0.2, 0.25) is 5.82 Å². The van der Waals surface area contributed by atoms with Gasteiger partial charge < -0.3 is 14.0 Å². The summed E-state index contributed by atoms with van der Waals surface area (Å²) in [5.74, 6) is 0.935. The van der Waals surface area contributed by atoms with Gasteiger partial charge in [-0.1, -0.05) is 65.8 Å². The molecule has 0 saturated carbocycles. The van der Waals surface area contributed by atoms with Crippen LogP contribution in [0.2, 0.25) is 0 Å². The van der Waals surface area contributed by atoms with Crippen molar-refractivity contribution >= 4 is 5.97 Å². The molecule has 9 heteroatoms. The zero-order valence-electron chi connectivity index (χ0n) is 18.2. The number of methoxy groups -OCH3 is 1. The number of rotatable bonds is 7. The van der Waals surface area contributed by atoms with Gasteiger partial charge in [-0.15, -0.1) is 5.10 Å². The van der Waals surface area contributed by atoms with Gasteiger partial charge in [-0.05, 0) is 24.3 Å². The number of nitrogens with zero attached hydrogens (tertiary/aromatic N) is 5. The molecular weight excluding hydrogens is 434 g/mol. The molecule has 0 radical (unpaired) electrons. The molecule has 168 valence electrons. The van der Waals surface area contributed by atoms with Crippen LogP contribution in [0.15, 0.2) is 89.5 Å². The number of carbonyl (C=O) groups is 1. The SMILES string of the molecule is COc1cccc(-c2noc(COC(=O)c3nc(-c4ccccc4)n(-c4ccccc4)n3)n2)c1. The van der Waals surface area contributed by atoms with Gasteiger partial charge in [0, 0.05) is 11.1 Å². The number of ether oxygens (including phenoxy) is 2. The van der Waals surface area contributed by atoms with E-state index in [1.165, 1.54) is 0 Å². The topological polar surface area (TPSA) is 105 Å². The maximum atomic E-state index is 12.7. The van der Waals surface area contributed by atoms with Crippen molar-refractivity contribution in [1.82, 2.24) is 24.9 Å². The van der Waals surface area contributed by atoms with Gasteiger partial charge in [-0.25, -0.2) is 14.5 Å². The Morgan fingerprint density at radius 1 is 0.912 bits per heavy atom. The van der Waals surface area contributed by atoms with Gasteiger partial charge in [-0.3, -0.25) is 0 Å². The Hall–Kier alpha value is -4.79. The van der Waals surface area contributed by atoms with Gasteiger partial charge in [0.1, 0.15) is 5.75 Å². The van der Waals surface area contributed by atoms with Crippen LogP contribution in [-0.2, 0) is 11.3 Å². The zero-order valence-corrected chi connectivity index (χ0v) is 18.2. The lowest BCUT2D eigenvalue weighted by molar-refractivity contribution is 0.0415. The standard InChI is InChI=1S/C25H19N5O4/c1-32-20-14-8-11-18(15-20)22-26-21(34-29-22)16-33-25(31)23-27-24(17-9-4-2-5-10-17)30(28-23)19-12-6-3-7-13-19/h2-15H,16H2,1H3. The summed E-state index contributed by atoms with van der Waals surface area (Å²) < 4.78 is 17.4. The van der Waals surface area contributed by atoms with E-state index in [4.69, 9.17) is 14.0 Å². The Bertz CT molecular complexity index is 1360. The van der Waals surface area contributed by atoms with Crippen LogP contribution in [0.25, 0.3) is 28.5 Å². The quantitative estimate of drug-likeness (QED) is 0.335. The summed E-state index contributed by atoms with van der Waals surface area (Å²) >= 11 is 0. The van der Waals surface area contributed by atoms with Gasteiger partial charge in [0.25, 0.3) is 11.7 Å². The second kappa shape index (κ2) is 9.37. The lowest BCUT2D eigenvalue weighted by Crippen LogP contribution is -2.08. The summed E-state index contributed by atoms with van der Waals surface area (Å²) in [6, 6.07) is 26.2. The molecule has 0 amide bonds. The summed E-state index contributed by atoms with van der Waals surface area (Å²) in [7, 11) is 1.58. The molecule has 0 fully saturated rings. The monoisotopic (exact) mass is 453 g/mol. The fourth-order valence-corrected chi connectivity index (χ4v) is 3.31. The first-order chi connectivity index (χ1) is 16.7. The first-order valence-electron chi connectivity index (χ1n) is 10.4. The zero-order chi connectivity index (χ0) is 23.3. The molecule has 0 aliphatic carbocycles. The molecule has 0 atom stereocenters. The molecular formula is C25H19N5O4. The molecule has 34 heavy (non-hydrogen) atoms. The highest BCUT2D eigenvalue weighted by Gasteiger charge is 2.21. The molecule has 0 aliphatic rings. The van der Waals surface area contributed by atoms with Crippen LogP contribution in [0.4, 0.5) is 0 Å². The second-order valence-corrected chi connectivity index (χ2v) is 7.19. The number of benzene rings is 3. The van der Waals surface area contributed by atoms with Crippen molar-refractivity contribution in [3.63, 3.8) is 0 Å². The largest absolute Gasteiger partial charge is 0.497 e. The average molecular weight is 453 g/mol. The molecule has 0 N–H and O–H groups in total. The molecule has 9 nitrogen and oxygen atoms in total. The van der Waals surface area contributed by atoms with E-state index in [1.807, 2.05) is 78.9 Å². The predicted octanol–water partition coefficient (Wildman–Crippen LogP) is 4.35. The average Bonchev–Trinajstić information content (AvgIpc) is 3.56. The molecule has 0 spiro atoms. The molecule has 0 aliphatic heterocycles. The lowest BCUT2D eigenvalue weighted by atomic mass is 10.2. The molecule has 0 saturated heterocycles. The molecule has 2 heterocycles. The number of esters is 1. The number of hydrogen-bond donors (Lipinski definition) is 0. The molecule has 5 aromatic rings. The minimum Gasteiger partial charge on any atom is -0.497 e. The van der Waals surface area contributed by atoms with Crippen LogP contribution in [-0.4, -0.2) is 38.0 Å². The van der Waals surface area contributed by atoms with Crippen LogP contribution in [0.5, 0.6) is 5.75 Å². The van der Waals surface area contributed by atoms with E-state index in [9.17, 15) is 4.79 Å². The van der Waals surface area contributed by atoms with Crippen molar-refractivity contribution < 1.29 is 18.8 Å². The Morgan fingerprint density at radius 3 is 2.41 bits per heavy atom. The van der Waals surface area contributed by atoms with E-state index in [-0.39, 0.29) is 18.3 Å². The van der Waals surface area contributed by atoms with Crippen molar-refractivity contribution in [1.29, 1.82) is 0 Å². The predicted molar refractivity (Wildman–Crippen MR) is 122 cm³/mol. The van der Waals surface area contributed by atoms with Gasteiger partial charge >= 0.3 is 5.97 Å². The highest BCUT2D eigenvalue weighted by Crippen LogP contribution is 2.23. The van der Waals surface area contributed by atoms with Crippen LogP contribution in [0, 0.1) is 0 Å². The van der Waals surface area contributed by atoms with E-state index in [0.717, 1.165) is 16.8 Å². The number of carbonyl (C=O) groups excluding carboxylic acids is 1. The van der Waals surface area contributed by atoms with Gasteiger partial charge in [0.15, 0.2) is 12.4 Å². The molecule has 2 aromatic heterocycles. The first kappa shape index (κ1) is 21.1. The second-order valence-electron chi connectivity index (χ2n) is 7.19. The minimum atomic E-state index is -0.701. The van der Waals surface area contributed by atoms with Crippen molar-refractivity contribution in [3.8, 4) is 34.2 Å². The van der Waals surface area contributed by atoms with E-state index in [2.05, 4.69) is 20.2 Å². The van der Waals surface area contributed by atoms with Crippen LogP contribution < -0.4 is 4.74 Å². The normalized spacial score (nSPS) is 10.7. The number of aromatic nitrogens is 5. The highest BCUT2D eigenvalue weighted by molar-refractivity contribution is 5.86. The lowest BCUT2D eigenvalue weighted by Gasteiger charge is -2.05. The van der Waals surface area contributed by atoms with Crippen LogP contribution in [0.3, 0.4) is 0 Å². The smallest absolute Gasteiger partial charge is 0.378 e. The van der Waals surface area contributed by atoms with Gasteiger partial charge in [-0.2, -0.15) is 4.98 Å². The third kappa shape index (κ3) is 4.40. The summed E-state index contributed by atoms with van der Waals surface area (Å²) in [6.45, 7) is -0.212. The summed E-state index contributed by atoms with van der Waals surface area (Å²) in [5.41, 5.74) is 2.31. The van der Waals surface area contributed by atoms with Crippen molar-refractivity contribution in [2.75, 3.05) is 7.11 Å². The maximum Gasteiger partial charge on any atom is 0.378 e. The fourth-order valence-electron chi connectivity index (χ4n) is 3.31. The van der Waals surface area contributed by atoms with E-state index >= 15 is 0 Å². The third-order valence-corrected chi connectivity index (χ3v) is 4.95. The molecule has 3 aromatic carbocycles. The number of hydrogen-bond acceptors (Lipinski definition) is 8. The van der Waals surface area contributed by atoms with Gasteiger partial charge in [0.05, 0.1) is 12.8 Å². The Kier molecular flexibility index (Phi) is 5.81. The number of para-hydroxylation sites is 1. The molecule has 5 rings (SSSR count). The fraction of sp³-hybridized carbons (Fsp3) is 0.0800. The molecule has 0 unspecified atom stereocenters. The first-order valence-corrected chi connectivity index (χ1v) is 10.4. The van der Waals surface area contributed by atoms with Crippen molar-refractivity contribution in [2.45, 2.75) is 6.61 Å². The Morgan fingerprint density at radius 2 is 1.65 bits per heavy atom. The van der Waals surface area contributed by atoms with Crippen molar-refractivity contribution in [3.05, 3.63) is 96.6 Å². The maximum absolute atomic E-state index is 12.7.